The SMILES string of the molecule is COc1cccc(C(=O)Nc2cccc(-c3nnc4n3CCCC4)c2)c1OC. The molecule has 1 amide bonds. The van der Waals surface area contributed by atoms with Crippen molar-refractivity contribution in [3.8, 4) is 22.9 Å². The van der Waals surface area contributed by atoms with Crippen LogP contribution in [-0.2, 0) is 13.0 Å². The Morgan fingerprint density at radius 2 is 1.93 bits per heavy atom. The number of para-hydroxylation sites is 1. The highest BCUT2D eigenvalue weighted by atomic mass is 16.5. The zero-order chi connectivity index (χ0) is 19.5. The van der Waals surface area contributed by atoms with Gasteiger partial charge in [0.1, 0.15) is 5.82 Å². The number of hydrogen-bond donors (Lipinski definition) is 1. The molecule has 0 saturated heterocycles. The normalized spacial score (nSPS) is 12.9. The number of nitrogens with one attached hydrogen (secondary N) is 1. The van der Waals surface area contributed by atoms with E-state index in [9.17, 15) is 4.79 Å². The Kier molecular flexibility index (Phi) is 4.97. The molecule has 1 aliphatic heterocycles. The molecule has 1 aromatic heterocycles. The van der Waals surface area contributed by atoms with Gasteiger partial charge in [0.2, 0.25) is 0 Å². The van der Waals surface area contributed by atoms with Crippen LogP contribution >= 0.6 is 0 Å². The van der Waals surface area contributed by atoms with Gasteiger partial charge in [-0.1, -0.05) is 18.2 Å². The lowest BCUT2D eigenvalue weighted by Gasteiger charge is -2.15. The number of anilines is 1. The van der Waals surface area contributed by atoms with Crippen LogP contribution in [0.1, 0.15) is 29.0 Å². The van der Waals surface area contributed by atoms with Crippen molar-refractivity contribution in [2.24, 2.45) is 0 Å². The molecule has 0 aliphatic carbocycles. The number of carbonyl (C=O) groups is 1. The van der Waals surface area contributed by atoms with E-state index in [0.717, 1.165) is 43.0 Å². The number of fused-ring (bicyclic) bond motifs is 1. The van der Waals surface area contributed by atoms with Crippen LogP contribution in [0.4, 0.5) is 5.69 Å². The van der Waals surface area contributed by atoms with Gasteiger partial charge in [0.25, 0.3) is 5.91 Å². The van der Waals surface area contributed by atoms with Crippen LogP contribution < -0.4 is 14.8 Å². The highest BCUT2D eigenvalue weighted by Crippen LogP contribution is 2.31. The van der Waals surface area contributed by atoms with Gasteiger partial charge >= 0.3 is 0 Å². The van der Waals surface area contributed by atoms with Gasteiger partial charge in [0.05, 0.1) is 19.8 Å². The van der Waals surface area contributed by atoms with E-state index in [1.54, 1.807) is 25.3 Å². The first kappa shape index (κ1) is 18.0. The summed E-state index contributed by atoms with van der Waals surface area (Å²) in [5.41, 5.74) is 2.02. The summed E-state index contributed by atoms with van der Waals surface area (Å²) in [5.74, 6) is 2.52. The second-order valence-corrected chi connectivity index (χ2v) is 6.62. The molecule has 2 heterocycles. The van der Waals surface area contributed by atoms with Gasteiger partial charge in [-0.25, -0.2) is 0 Å². The average molecular weight is 378 g/mol. The Bertz CT molecular complexity index is 1010. The van der Waals surface area contributed by atoms with Crippen molar-refractivity contribution >= 4 is 11.6 Å². The summed E-state index contributed by atoms with van der Waals surface area (Å²) < 4.78 is 12.8. The van der Waals surface area contributed by atoms with Crippen molar-refractivity contribution < 1.29 is 14.3 Å². The molecule has 0 bridgehead atoms. The second kappa shape index (κ2) is 7.72. The standard InChI is InChI=1S/C21H22N4O3/c1-27-17-10-6-9-16(19(17)28-2)21(26)22-15-8-5-7-14(13-15)20-24-23-18-11-3-4-12-25(18)20/h5-10,13H,3-4,11-12H2,1-2H3,(H,22,26). The minimum atomic E-state index is -0.267. The van der Waals surface area contributed by atoms with Gasteiger partial charge in [-0.3, -0.25) is 4.79 Å². The molecule has 2 aromatic carbocycles. The number of benzene rings is 2. The molecule has 144 valence electrons. The van der Waals surface area contributed by atoms with E-state index in [0.29, 0.717) is 22.7 Å². The fraction of sp³-hybridized carbons (Fsp3) is 0.286. The van der Waals surface area contributed by atoms with Gasteiger partial charge in [0, 0.05) is 24.2 Å². The molecule has 7 nitrogen and oxygen atoms in total. The van der Waals surface area contributed by atoms with Crippen LogP contribution in [0.3, 0.4) is 0 Å². The Morgan fingerprint density at radius 3 is 2.75 bits per heavy atom. The third-order valence-electron chi connectivity index (χ3n) is 4.89. The maximum Gasteiger partial charge on any atom is 0.259 e. The molecular formula is C21H22N4O3. The molecule has 0 unspecified atom stereocenters. The molecular weight excluding hydrogens is 356 g/mol. The van der Waals surface area contributed by atoms with Crippen molar-refractivity contribution in [3.05, 3.63) is 53.9 Å². The summed E-state index contributed by atoms with van der Waals surface area (Å²) in [6, 6.07) is 12.9. The quantitative estimate of drug-likeness (QED) is 0.735. The predicted octanol–water partition coefficient (Wildman–Crippen LogP) is 3.55. The number of nitrogens with zero attached hydrogens (tertiary/aromatic N) is 3. The van der Waals surface area contributed by atoms with Gasteiger partial charge in [-0.15, -0.1) is 10.2 Å². The third-order valence-corrected chi connectivity index (χ3v) is 4.89. The first-order chi connectivity index (χ1) is 13.7. The molecule has 1 aliphatic rings. The molecule has 0 atom stereocenters. The van der Waals surface area contributed by atoms with E-state index in [4.69, 9.17) is 9.47 Å². The minimum absolute atomic E-state index is 0.267. The van der Waals surface area contributed by atoms with Crippen LogP contribution in [-0.4, -0.2) is 34.9 Å². The number of hydrogen-bond acceptors (Lipinski definition) is 5. The topological polar surface area (TPSA) is 78.3 Å². The predicted molar refractivity (Wildman–Crippen MR) is 106 cm³/mol. The van der Waals surface area contributed by atoms with Crippen molar-refractivity contribution in [2.45, 2.75) is 25.8 Å². The molecule has 0 fully saturated rings. The molecule has 28 heavy (non-hydrogen) atoms. The van der Waals surface area contributed by atoms with E-state index in [2.05, 4.69) is 20.1 Å². The van der Waals surface area contributed by atoms with Crippen LogP contribution in [0.2, 0.25) is 0 Å². The second-order valence-electron chi connectivity index (χ2n) is 6.62. The summed E-state index contributed by atoms with van der Waals surface area (Å²) in [5, 5.41) is 11.6. The molecule has 4 rings (SSSR count). The fourth-order valence-corrected chi connectivity index (χ4v) is 3.52. The maximum absolute atomic E-state index is 12.8. The summed E-state index contributed by atoms with van der Waals surface area (Å²) in [6.07, 6.45) is 3.24. The Hall–Kier alpha value is -3.35. The zero-order valence-corrected chi connectivity index (χ0v) is 15.9. The molecule has 1 N–H and O–H groups in total. The van der Waals surface area contributed by atoms with Crippen LogP contribution in [0.25, 0.3) is 11.4 Å². The van der Waals surface area contributed by atoms with Crippen LogP contribution in [0.5, 0.6) is 11.5 Å². The van der Waals surface area contributed by atoms with E-state index in [1.165, 1.54) is 7.11 Å². The van der Waals surface area contributed by atoms with Crippen molar-refractivity contribution in [3.63, 3.8) is 0 Å². The number of methoxy groups -OCH3 is 2. The zero-order valence-electron chi connectivity index (χ0n) is 15.9. The number of ether oxygens (including phenoxy) is 2. The van der Waals surface area contributed by atoms with Crippen molar-refractivity contribution in [1.29, 1.82) is 0 Å². The van der Waals surface area contributed by atoms with Crippen LogP contribution in [0, 0.1) is 0 Å². The summed E-state index contributed by atoms with van der Waals surface area (Å²) >= 11 is 0. The minimum Gasteiger partial charge on any atom is -0.493 e. The van der Waals surface area contributed by atoms with Gasteiger partial charge in [-0.2, -0.15) is 0 Å². The molecule has 0 saturated carbocycles. The lowest BCUT2D eigenvalue weighted by Crippen LogP contribution is -2.14. The number of aromatic nitrogens is 3. The van der Waals surface area contributed by atoms with E-state index in [1.807, 2.05) is 24.3 Å². The molecule has 7 heteroatoms. The van der Waals surface area contributed by atoms with E-state index < -0.39 is 0 Å². The maximum atomic E-state index is 12.8. The lowest BCUT2D eigenvalue weighted by atomic mass is 10.1. The summed E-state index contributed by atoms with van der Waals surface area (Å²) in [6.45, 7) is 0.926. The van der Waals surface area contributed by atoms with E-state index >= 15 is 0 Å². The van der Waals surface area contributed by atoms with Gasteiger partial charge in [-0.05, 0) is 37.1 Å². The Morgan fingerprint density at radius 1 is 1.07 bits per heavy atom. The largest absolute Gasteiger partial charge is 0.493 e. The van der Waals surface area contributed by atoms with Gasteiger partial charge < -0.3 is 19.4 Å². The highest BCUT2D eigenvalue weighted by Gasteiger charge is 2.19. The summed E-state index contributed by atoms with van der Waals surface area (Å²) in [4.78, 5) is 12.8. The first-order valence-electron chi connectivity index (χ1n) is 9.26. The number of rotatable bonds is 5. The Balaban J connectivity index is 1.61. The Labute approximate surface area is 163 Å². The first-order valence-corrected chi connectivity index (χ1v) is 9.26. The summed E-state index contributed by atoms with van der Waals surface area (Å²) in [7, 11) is 3.06. The number of aryl methyl sites for hydroxylation is 1. The monoisotopic (exact) mass is 378 g/mol. The number of carbonyl (C=O) groups excluding carboxylic acids is 1. The molecule has 0 spiro atoms. The third kappa shape index (κ3) is 3.31. The van der Waals surface area contributed by atoms with E-state index in [-0.39, 0.29) is 5.91 Å². The number of amides is 1. The fourth-order valence-electron chi connectivity index (χ4n) is 3.52. The highest BCUT2D eigenvalue weighted by molar-refractivity contribution is 6.07. The van der Waals surface area contributed by atoms with Crippen molar-refractivity contribution in [2.75, 3.05) is 19.5 Å². The van der Waals surface area contributed by atoms with Gasteiger partial charge in [0.15, 0.2) is 17.3 Å². The van der Waals surface area contributed by atoms with Crippen molar-refractivity contribution in [1.82, 2.24) is 14.8 Å². The molecule has 3 aromatic rings. The average Bonchev–Trinajstić information content (AvgIpc) is 3.17. The molecule has 0 radical (unpaired) electrons. The smallest absolute Gasteiger partial charge is 0.259 e. The van der Waals surface area contributed by atoms with Crippen LogP contribution in [0.15, 0.2) is 42.5 Å². The lowest BCUT2D eigenvalue weighted by molar-refractivity contribution is 0.102.